The van der Waals surface area contributed by atoms with Gasteiger partial charge in [0, 0.05) is 70.1 Å². The van der Waals surface area contributed by atoms with Crippen molar-refractivity contribution in [3.05, 3.63) is 42.7 Å². The molecule has 0 spiro atoms. The normalized spacial score (nSPS) is 20.3. The Morgan fingerprint density at radius 2 is 1.70 bits per heavy atom. The summed E-state index contributed by atoms with van der Waals surface area (Å²) in [6.07, 6.45) is 8.27. The summed E-state index contributed by atoms with van der Waals surface area (Å²) in [7, 11) is -0.458. The lowest BCUT2D eigenvalue weighted by Crippen LogP contribution is -2.46. The second kappa shape index (κ2) is 10.7. The van der Waals surface area contributed by atoms with E-state index < -0.39 is 10.2 Å². The second-order valence-electron chi connectivity index (χ2n) is 9.11. The van der Waals surface area contributed by atoms with E-state index in [2.05, 4.69) is 29.8 Å². The summed E-state index contributed by atoms with van der Waals surface area (Å²) in [5.74, 6) is 1.47. The lowest BCUT2D eigenvalue weighted by molar-refractivity contribution is 0.341. The van der Waals surface area contributed by atoms with Crippen molar-refractivity contribution < 1.29 is 8.42 Å². The molecule has 0 aliphatic carbocycles. The highest BCUT2D eigenvalue weighted by Gasteiger charge is 2.24. The molecule has 2 saturated heterocycles. The number of nitrogens with zero attached hydrogens (tertiary/aromatic N) is 5. The minimum atomic E-state index is -3.48. The fraction of sp³-hybridized carbons (Fsp3) is 0.565. The Bertz CT molecular complexity index is 978. The highest BCUT2D eigenvalue weighted by atomic mass is 32.2. The van der Waals surface area contributed by atoms with Gasteiger partial charge in [0.25, 0.3) is 0 Å². The van der Waals surface area contributed by atoms with Gasteiger partial charge < -0.3 is 15.1 Å². The zero-order chi connectivity index (χ0) is 23.3. The molecule has 9 nitrogen and oxygen atoms in total. The van der Waals surface area contributed by atoms with Crippen LogP contribution in [0.2, 0.25) is 0 Å². The van der Waals surface area contributed by atoms with Crippen molar-refractivity contribution in [3.63, 3.8) is 0 Å². The van der Waals surface area contributed by atoms with Gasteiger partial charge in [-0.3, -0.25) is 4.72 Å². The molecule has 0 bridgehead atoms. The lowest BCUT2D eigenvalue weighted by Gasteiger charge is -2.36. The van der Waals surface area contributed by atoms with Crippen LogP contribution in [0.4, 0.5) is 17.3 Å². The molecule has 2 aromatic rings. The predicted molar refractivity (Wildman–Crippen MR) is 133 cm³/mol. The predicted octanol–water partition coefficient (Wildman–Crippen LogP) is 2.17. The molecule has 10 heteroatoms. The maximum atomic E-state index is 12.0. The van der Waals surface area contributed by atoms with Gasteiger partial charge >= 0.3 is 10.2 Å². The molecule has 2 N–H and O–H groups in total. The highest BCUT2D eigenvalue weighted by molar-refractivity contribution is 7.90. The van der Waals surface area contributed by atoms with Gasteiger partial charge in [-0.25, -0.2) is 9.97 Å². The molecule has 1 aromatic heterocycles. The largest absolute Gasteiger partial charge is 0.371 e. The molecular formula is C23H35N7O2S. The average Bonchev–Trinajstić information content (AvgIpc) is 2.84. The van der Waals surface area contributed by atoms with Crippen LogP contribution < -0.4 is 19.8 Å². The molecule has 4 rings (SSSR count). The zero-order valence-corrected chi connectivity index (χ0v) is 20.3. The van der Waals surface area contributed by atoms with Crippen LogP contribution in [-0.4, -0.2) is 75.6 Å². The van der Waals surface area contributed by atoms with Crippen LogP contribution in [-0.2, 0) is 10.2 Å². The fourth-order valence-corrected chi connectivity index (χ4v) is 5.14. The summed E-state index contributed by atoms with van der Waals surface area (Å²) < 4.78 is 27.7. The van der Waals surface area contributed by atoms with Gasteiger partial charge in [-0.2, -0.15) is 12.7 Å². The second-order valence-corrected chi connectivity index (χ2v) is 11.0. The minimum Gasteiger partial charge on any atom is -0.371 e. The molecule has 180 valence electrons. The fourth-order valence-electron chi connectivity index (χ4n) is 4.52. The molecule has 0 amide bonds. The average molecular weight is 474 g/mol. The van der Waals surface area contributed by atoms with Crippen LogP contribution in [0.5, 0.6) is 0 Å². The third-order valence-electron chi connectivity index (χ3n) is 6.50. The Morgan fingerprint density at radius 1 is 1.00 bits per heavy atom. The molecule has 1 aromatic carbocycles. The first-order valence-electron chi connectivity index (χ1n) is 11.7. The van der Waals surface area contributed by atoms with E-state index >= 15 is 0 Å². The topological polar surface area (TPSA) is 93.7 Å². The van der Waals surface area contributed by atoms with Gasteiger partial charge in [-0.05, 0) is 68.5 Å². The number of rotatable bonds is 8. The first-order valence-corrected chi connectivity index (χ1v) is 13.2. The van der Waals surface area contributed by atoms with E-state index in [0.717, 1.165) is 57.2 Å². The van der Waals surface area contributed by atoms with Crippen LogP contribution in [0.1, 0.15) is 25.7 Å². The number of piperidine rings is 2. The number of benzene rings is 1. The summed E-state index contributed by atoms with van der Waals surface area (Å²) >= 11 is 0. The van der Waals surface area contributed by atoms with Crippen LogP contribution in [0.15, 0.2) is 42.7 Å². The third-order valence-corrected chi connectivity index (χ3v) is 7.96. The Balaban J connectivity index is 1.21. The number of anilines is 3. The van der Waals surface area contributed by atoms with Crippen LogP contribution in [0.25, 0.3) is 0 Å². The van der Waals surface area contributed by atoms with E-state index in [1.807, 2.05) is 42.7 Å². The first-order chi connectivity index (χ1) is 15.9. The summed E-state index contributed by atoms with van der Waals surface area (Å²) in [5, 5.41) is 3.81. The van der Waals surface area contributed by atoms with E-state index in [-0.39, 0.29) is 0 Å². The Morgan fingerprint density at radius 3 is 2.36 bits per heavy atom. The Labute approximate surface area is 197 Å². The number of hydrogen-bond acceptors (Lipinski definition) is 7. The molecule has 2 aliphatic heterocycles. The molecule has 1 atom stereocenters. The van der Waals surface area contributed by atoms with Crippen molar-refractivity contribution in [2.75, 3.05) is 61.3 Å². The van der Waals surface area contributed by atoms with E-state index in [0.29, 0.717) is 17.6 Å². The van der Waals surface area contributed by atoms with Crippen molar-refractivity contribution in [2.45, 2.75) is 31.7 Å². The molecule has 33 heavy (non-hydrogen) atoms. The monoisotopic (exact) mass is 473 g/mol. The van der Waals surface area contributed by atoms with Crippen LogP contribution >= 0.6 is 0 Å². The van der Waals surface area contributed by atoms with Crippen molar-refractivity contribution in [2.24, 2.45) is 5.92 Å². The van der Waals surface area contributed by atoms with Gasteiger partial charge in [0.2, 0.25) is 5.95 Å². The number of aromatic nitrogens is 2. The van der Waals surface area contributed by atoms with Crippen molar-refractivity contribution in [3.8, 4) is 0 Å². The van der Waals surface area contributed by atoms with Gasteiger partial charge in [0.05, 0.1) is 0 Å². The maximum Gasteiger partial charge on any atom is 0.301 e. The third kappa shape index (κ3) is 6.33. The van der Waals surface area contributed by atoms with E-state index in [9.17, 15) is 8.42 Å². The van der Waals surface area contributed by atoms with Gasteiger partial charge in [-0.15, -0.1) is 0 Å². The maximum absolute atomic E-state index is 12.0. The quantitative estimate of drug-likeness (QED) is 0.607. The molecule has 0 radical (unpaired) electrons. The Hall–Kier alpha value is -2.43. The first kappa shape index (κ1) is 23.7. The minimum absolute atomic E-state index is 0.538. The van der Waals surface area contributed by atoms with Crippen molar-refractivity contribution >= 4 is 27.5 Å². The standard InChI is InChI=1S/C23H35N7O2S/c1-28(2)33(31,32)27-21-6-8-22(9-7-21)29-15-10-20(11-16-29)26-17-19-5-3-14-30(18-19)23-24-12-4-13-25-23/h4,6-9,12-13,19-20,26-27H,3,5,10-11,14-18H2,1-2H3. The molecular weight excluding hydrogens is 438 g/mol. The summed E-state index contributed by atoms with van der Waals surface area (Å²) in [6, 6.07) is 10.0. The number of nitrogens with one attached hydrogen (secondary N) is 2. The van der Waals surface area contributed by atoms with Gasteiger partial charge in [0.15, 0.2) is 0 Å². The number of hydrogen-bond donors (Lipinski definition) is 2. The molecule has 2 fully saturated rings. The molecule has 3 heterocycles. The SMILES string of the molecule is CN(C)S(=O)(=O)Nc1ccc(N2CCC(NCC3CCCN(c4ncccn4)C3)CC2)cc1. The summed E-state index contributed by atoms with van der Waals surface area (Å²) in [4.78, 5) is 13.5. The van der Waals surface area contributed by atoms with E-state index in [4.69, 9.17) is 0 Å². The van der Waals surface area contributed by atoms with Crippen molar-refractivity contribution in [1.82, 2.24) is 19.6 Å². The smallest absolute Gasteiger partial charge is 0.301 e. The van der Waals surface area contributed by atoms with Gasteiger partial charge in [-0.1, -0.05) is 0 Å². The van der Waals surface area contributed by atoms with Crippen molar-refractivity contribution in [1.29, 1.82) is 0 Å². The lowest BCUT2D eigenvalue weighted by atomic mass is 9.96. The van der Waals surface area contributed by atoms with E-state index in [1.165, 1.54) is 31.2 Å². The molecule has 1 unspecified atom stereocenters. The zero-order valence-electron chi connectivity index (χ0n) is 19.5. The molecule has 0 saturated carbocycles. The Kier molecular flexibility index (Phi) is 7.67. The van der Waals surface area contributed by atoms with Gasteiger partial charge in [0.1, 0.15) is 0 Å². The summed E-state index contributed by atoms with van der Waals surface area (Å²) in [6.45, 7) is 5.08. The van der Waals surface area contributed by atoms with Crippen LogP contribution in [0, 0.1) is 5.92 Å². The highest BCUT2D eigenvalue weighted by Crippen LogP contribution is 2.24. The van der Waals surface area contributed by atoms with Crippen LogP contribution in [0.3, 0.4) is 0 Å². The van der Waals surface area contributed by atoms with E-state index in [1.54, 1.807) is 0 Å². The summed E-state index contributed by atoms with van der Waals surface area (Å²) in [5.41, 5.74) is 1.71. The molecule has 2 aliphatic rings.